The van der Waals surface area contributed by atoms with E-state index in [0.717, 1.165) is 21.5 Å². The molecule has 4 aromatic carbocycles. The third-order valence-corrected chi connectivity index (χ3v) is 7.88. The molecule has 0 unspecified atom stereocenters. The summed E-state index contributed by atoms with van der Waals surface area (Å²) >= 11 is 12.1. The summed E-state index contributed by atoms with van der Waals surface area (Å²) in [5.74, 6) is -2.77. The van der Waals surface area contributed by atoms with Gasteiger partial charge in [-0.15, -0.1) is 4.73 Å². The quantitative estimate of drug-likeness (QED) is 0.158. The Bertz CT molecular complexity index is 1910. The van der Waals surface area contributed by atoms with Crippen LogP contribution in [0.4, 0.5) is 5.69 Å². The van der Waals surface area contributed by atoms with Crippen molar-refractivity contribution in [2.24, 2.45) is 0 Å². The molecular formula is C32H23Cl2N3O7. The summed E-state index contributed by atoms with van der Waals surface area (Å²) in [5, 5.41) is 34.2. The maximum Gasteiger partial charge on any atom is 0.363 e. The number of aromatic hydroxyl groups is 3. The van der Waals surface area contributed by atoms with Gasteiger partial charge in [0.05, 0.1) is 22.2 Å². The SMILES string of the molecule is O=C(On1c(O)ccc1O)c1ccc(CN2C(=O)c3cccc4c(NCCc5cc(Cl)c(O)c(Cl)c5)ccc(c34)C2=O)cc1. The van der Waals surface area contributed by atoms with Gasteiger partial charge in [0.25, 0.3) is 11.8 Å². The second kappa shape index (κ2) is 11.5. The van der Waals surface area contributed by atoms with E-state index < -0.39 is 29.5 Å². The number of carbonyl (C=O) groups excluding carboxylic acids is 3. The van der Waals surface area contributed by atoms with Crippen molar-refractivity contribution in [3.05, 3.63) is 117 Å². The first-order chi connectivity index (χ1) is 21.1. The van der Waals surface area contributed by atoms with Crippen molar-refractivity contribution in [1.29, 1.82) is 0 Å². The topological polar surface area (TPSA) is 141 Å². The van der Waals surface area contributed by atoms with Crippen LogP contribution in [0.1, 0.15) is 42.2 Å². The third kappa shape index (κ3) is 5.25. The van der Waals surface area contributed by atoms with Crippen LogP contribution in [0.15, 0.2) is 78.9 Å². The van der Waals surface area contributed by atoms with E-state index in [1.165, 1.54) is 24.3 Å². The summed E-state index contributed by atoms with van der Waals surface area (Å²) in [6, 6.07) is 20.5. The minimum atomic E-state index is -0.829. The number of rotatable bonds is 8. The molecule has 10 nitrogen and oxygen atoms in total. The van der Waals surface area contributed by atoms with Gasteiger partial charge in [-0.05, 0) is 60.0 Å². The lowest BCUT2D eigenvalue weighted by Crippen LogP contribution is -2.39. The Morgan fingerprint density at radius 3 is 2.09 bits per heavy atom. The lowest BCUT2D eigenvalue weighted by Gasteiger charge is -2.28. The van der Waals surface area contributed by atoms with Crippen molar-refractivity contribution in [3.8, 4) is 17.5 Å². The van der Waals surface area contributed by atoms with Crippen molar-refractivity contribution in [3.63, 3.8) is 0 Å². The van der Waals surface area contributed by atoms with Crippen LogP contribution < -0.4 is 10.2 Å². The van der Waals surface area contributed by atoms with Gasteiger partial charge in [0.15, 0.2) is 5.75 Å². The number of phenols is 1. The zero-order valence-electron chi connectivity index (χ0n) is 22.8. The number of phenolic OH excluding ortho intramolecular Hbond substituents is 1. The number of aromatic nitrogens is 1. The van der Waals surface area contributed by atoms with Gasteiger partial charge >= 0.3 is 5.97 Å². The van der Waals surface area contributed by atoms with Crippen molar-refractivity contribution < 1.29 is 34.5 Å². The second-order valence-corrected chi connectivity index (χ2v) is 10.9. The molecule has 222 valence electrons. The zero-order valence-corrected chi connectivity index (χ0v) is 24.3. The molecule has 0 saturated heterocycles. The number of carbonyl (C=O) groups is 3. The van der Waals surface area contributed by atoms with Crippen LogP contribution in [0.3, 0.4) is 0 Å². The minimum absolute atomic E-state index is 0.0280. The third-order valence-electron chi connectivity index (χ3n) is 7.30. The molecule has 1 aromatic heterocycles. The number of anilines is 1. The standard InChI is InChI=1S/C32H23Cl2N3O7/c33-23-14-18(15-24(34)29(23)40)12-13-35-25-9-8-22-28-20(25)2-1-3-21(28)30(41)36(31(22)42)16-17-4-6-19(7-5-17)32(43)44-37-26(38)10-11-27(37)39/h1-11,14-15,35,38-40H,12-13,16H2. The maximum atomic E-state index is 13.6. The molecule has 0 aliphatic carbocycles. The van der Waals surface area contributed by atoms with Crippen LogP contribution in [0.25, 0.3) is 10.8 Å². The number of hydrogen-bond acceptors (Lipinski definition) is 8. The molecule has 0 bridgehead atoms. The van der Waals surface area contributed by atoms with E-state index >= 15 is 0 Å². The van der Waals surface area contributed by atoms with Crippen molar-refractivity contribution in [1.82, 2.24) is 9.63 Å². The monoisotopic (exact) mass is 631 g/mol. The predicted octanol–water partition coefficient (Wildman–Crippen LogP) is 5.78. The Hall–Kier alpha value is -5.19. The van der Waals surface area contributed by atoms with Gasteiger partial charge in [-0.3, -0.25) is 14.5 Å². The molecule has 0 radical (unpaired) electrons. The Labute approximate surface area is 260 Å². The molecule has 1 aliphatic heterocycles. The smallest absolute Gasteiger partial charge is 0.363 e. The van der Waals surface area contributed by atoms with Crippen LogP contribution in [-0.4, -0.2) is 49.3 Å². The molecule has 0 spiro atoms. The van der Waals surface area contributed by atoms with E-state index in [-0.39, 0.29) is 27.9 Å². The molecular weight excluding hydrogens is 609 g/mol. The van der Waals surface area contributed by atoms with Gasteiger partial charge in [-0.1, -0.05) is 47.5 Å². The molecule has 0 saturated carbocycles. The molecule has 4 N–H and O–H groups in total. The highest BCUT2D eigenvalue weighted by atomic mass is 35.5. The van der Waals surface area contributed by atoms with Crippen molar-refractivity contribution in [2.45, 2.75) is 13.0 Å². The first kappa shape index (κ1) is 28.9. The second-order valence-electron chi connectivity index (χ2n) is 10.1. The van der Waals surface area contributed by atoms with Crippen molar-refractivity contribution >= 4 is 57.4 Å². The highest BCUT2D eigenvalue weighted by Crippen LogP contribution is 2.36. The van der Waals surface area contributed by atoms with E-state index in [4.69, 9.17) is 28.0 Å². The number of benzene rings is 4. The van der Waals surface area contributed by atoms with E-state index in [1.807, 2.05) is 6.07 Å². The van der Waals surface area contributed by atoms with Gasteiger partial charge in [0.2, 0.25) is 11.8 Å². The van der Waals surface area contributed by atoms with Gasteiger partial charge in [0, 0.05) is 46.3 Å². The van der Waals surface area contributed by atoms with E-state index in [9.17, 15) is 29.7 Å². The van der Waals surface area contributed by atoms with E-state index in [0.29, 0.717) is 39.8 Å². The summed E-state index contributed by atoms with van der Waals surface area (Å²) in [6.45, 7) is 0.473. The number of imide groups is 1. The highest BCUT2D eigenvalue weighted by molar-refractivity contribution is 6.37. The predicted molar refractivity (Wildman–Crippen MR) is 164 cm³/mol. The fourth-order valence-corrected chi connectivity index (χ4v) is 5.64. The minimum Gasteiger partial charge on any atom is -0.505 e. The summed E-state index contributed by atoms with van der Waals surface area (Å²) in [5.41, 5.74) is 3.09. The van der Waals surface area contributed by atoms with E-state index in [2.05, 4.69) is 5.32 Å². The molecule has 2 heterocycles. The Morgan fingerprint density at radius 2 is 1.43 bits per heavy atom. The summed E-state index contributed by atoms with van der Waals surface area (Å²) in [4.78, 5) is 45.7. The number of hydrogen-bond donors (Lipinski definition) is 4. The summed E-state index contributed by atoms with van der Waals surface area (Å²) in [7, 11) is 0. The molecule has 12 heteroatoms. The van der Waals surface area contributed by atoms with Crippen LogP contribution >= 0.6 is 23.2 Å². The largest absolute Gasteiger partial charge is 0.505 e. The van der Waals surface area contributed by atoms with Gasteiger partial charge in [-0.25, -0.2) is 4.79 Å². The molecule has 5 aromatic rings. The first-order valence-electron chi connectivity index (χ1n) is 13.4. The Balaban J connectivity index is 1.18. The van der Waals surface area contributed by atoms with E-state index in [1.54, 1.807) is 48.5 Å². The maximum absolute atomic E-state index is 13.6. The Kier molecular flexibility index (Phi) is 7.54. The molecule has 2 amide bonds. The normalized spacial score (nSPS) is 12.5. The van der Waals surface area contributed by atoms with Gasteiger partial charge in [0.1, 0.15) is 0 Å². The molecule has 0 fully saturated rings. The van der Waals surface area contributed by atoms with Crippen LogP contribution in [0, 0.1) is 0 Å². The van der Waals surface area contributed by atoms with Crippen molar-refractivity contribution in [2.75, 3.05) is 11.9 Å². The summed E-state index contributed by atoms with van der Waals surface area (Å²) in [6.07, 6.45) is 0.558. The van der Waals surface area contributed by atoms with Crippen LogP contribution in [0.2, 0.25) is 10.0 Å². The first-order valence-corrected chi connectivity index (χ1v) is 14.1. The average molecular weight is 632 g/mol. The number of nitrogens with zero attached hydrogens (tertiary/aromatic N) is 2. The fourth-order valence-electron chi connectivity index (χ4n) is 5.11. The number of halogens is 2. The summed E-state index contributed by atoms with van der Waals surface area (Å²) < 4.78 is 0.585. The van der Waals surface area contributed by atoms with Gasteiger partial charge in [-0.2, -0.15) is 0 Å². The van der Waals surface area contributed by atoms with Crippen LogP contribution in [-0.2, 0) is 13.0 Å². The molecule has 44 heavy (non-hydrogen) atoms. The highest BCUT2D eigenvalue weighted by Gasteiger charge is 2.33. The number of amides is 2. The fraction of sp³-hybridized carbons (Fsp3) is 0.0938. The Morgan fingerprint density at radius 1 is 0.795 bits per heavy atom. The molecule has 6 rings (SSSR count). The lowest BCUT2D eigenvalue weighted by molar-refractivity contribution is 0.0381. The molecule has 0 atom stereocenters. The average Bonchev–Trinajstić information content (AvgIpc) is 3.33. The zero-order chi connectivity index (χ0) is 31.1. The lowest BCUT2D eigenvalue weighted by atomic mass is 9.92. The van der Waals surface area contributed by atoms with Crippen LogP contribution in [0.5, 0.6) is 17.5 Å². The van der Waals surface area contributed by atoms with Gasteiger partial charge < -0.3 is 25.5 Å². The molecule has 1 aliphatic rings. The number of nitrogens with one attached hydrogen (secondary N) is 1.